The summed E-state index contributed by atoms with van der Waals surface area (Å²) < 4.78 is 0. The van der Waals surface area contributed by atoms with Crippen molar-refractivity contribution < 1.29 is 9.59 Å². The molecule has 2 heterocycles. The van der Waals surface area contributed by atoms with Crippen LogP contribution in [0.5, 0.6) is 0 Å². The highest BCUT2D eigenvalue weighted by Crippen LogP contribution is 2.37. The Balaban J connectivity index is 1.94. The van der Waals surface area contributed by atoms with Crippen LogP contribution in [0.3, 0.4) is 0 Å². The predicted octanol–water partition coefficient (Wildman–Crippen LogP) is 1.03. The standard InChI is InChI=1S/C15H20N4O2/c1-11-13(20)19(10-12-16-8-5-9-17-12)15(14(21)18-11)6-3-2-4-7-15/h5,8-9,11H,2-4,6-7,10H2,1H3,(H,18,21). The molecule has 2 aliphatic rings. The second-order valence-corrected chi connectivity index (χ2v) is 5.88. The molecule has 0 bridgehead atoms. The van der Waals surface area contributed by atoms with Gasteiger partial charge in [-0.2, -0.15) is 0 Å². The van der Waals surface area contributed by atoms with E-state index in [1.807, 2.05) is 0 Å². The third-order valence-electron chi connectivity index (χ3n) is 4.52. The molecule has 1 saturated carbocycles. The summed E-state index contributed by atoms with van der Waals surface area (Å²) in [6.07, 6.45) is 7.84. The molecule has 112 valence electrons. The van der Waals surface area contributed by atoms with Gasteiger partial charge in [0.15, 0.2) is 0 Å². The quantitative estimate of drug-likeness (QED) is 0.882. The van der Waals surface area contributed by atoms with Crippen molar-refractivity contribution in [2.24, 2.45) is 0 Å². The number of hydrogen-bond acceptors (Lipinski definition) is 4. The fraction of sp³-hybridized carbons (Fsp3) is 0.600. The lowest BCUT2D eigenvalue weighted by molar-refractivity contribution is -0.160. The first-order valence-corrected chi connectivity index (χ1v) is 7.52. The summed E-state index contributed by atoms with van der Waals surface area (Å²) in [5.41, 5.74) is -0.707. The van der Waals surface area contributed by atoms with Crippen LogP contribution in [0.25, 0.3) is 0 Å². The van der Waals surface area contributed by atoms with Gasteiger partial charge in [0.1, 0.15) is 17.4 Å². The Morgan fingerprint density at radius 2 is 1.90 bits per heavy atom. The van der Waals surface area contributed by atoms with Gasteiger partial charge in [-0.3, -0.25) is 9.59 Å². The van der Waals surface area contributed by atoms with Crippen molar-refractivity contribution in [3.8, 4) is 0 Å². The highest BCUT2D eigenvalue weighted by Gasteiger charge is 2.51. The van der Waals surface area contributed by atoms with Crippen molar-refractivity contribution in [2.75, 3.05) is 0 Å². The summed E-state index contributed by atoms with van der Waals surface area (Å²) in [7, 11) is 0. The van der Waals surface area contributed by atoms with Crippen LogP contribution >= 0.6 is 0 Å². The molecule has 0 aromatic carbocycles. The average Bonchev–Trinajstić information content (AvgIpc) is 2.52. The summed E-state index contributed by atoms with van der Waals surface area (Å²) in [5, 5.41) is 2.83. The van der Waals surface area contributed by atoms with Gasteiger partial charge in [-0.25, -0.2) is 9.97 Å². The molecular formula is C15H20N4O2. The molecular weight excluding hydrogens is 268 g/mol. The Bertz CT molecular complexity index is 540. The maximum Gasteiger partial charge on any atom is 0.246 e. The van der Waals surface area contributed by atoms with Gasteiger partial charge in [0, 0.05) is 12.4 Å². The van der Waals surface area contributed by atoms with Crippen molar-refractivity contribution in [3.05, 3.63) is 24.3 Å². The third kappa shape index (κ3) is 2.39. The Labute approximate surface area is 124 Å². The fourth-order valence-electron chi connectivity index (χ4n) is 3.38. The minimum absolute atomic E-state index is 0.0229. The molecule has 1 aromatic rings. The lowest BCUT2D eigenvalue weighted by Crippen LogP contribution is -2.70. The monoisotopic (exact) mass is 288 g/mol. The number of nitrogens with zero attached hydrogens (tertiary/aromatic N) is 3. The Kier molecular flexibility index (Phi) is 3.61. The van der Waals surface area contributed by atoms with E-state index in [1.54, 1.807) is 30.3 Å². The van der Waals surface area contributed by atoms with E-state index < -0.39 is 11.6 Å². The van der Waals surface area contributed by atoms with Crippen LogP contribution in [0.2, 0.25) is 0 Å². The lowest BCUT2D eigenvalue weighted by Gasteiger charge is -2.49. The zero-order valence-corrected chi connectivity index (χ0v) is 12.2. The third-order valence-corrected chi connectivity index (χ3v) is 4.52. The van der Waals surface area contributed by atoms with E-state index in [1.165, 1.54) is 0 Å². The molecule has 6 nitrogen and oxygen atoms in total. The van der Waals surface area contributed by atoms with Crippen LogP contribution in [-0.4, -0.2) is 38.3 Å². The van der Waals surface area contributed by atoms with E-state index in [-0.39, 0.29) is 11.8 Å². The molecule has 1 saturated heterocycles. The first-order chi connectivity index (χ1) is 10.1. The SMILES string of the molecule is CC1NC(=O)C2(CCCCC2)N(Cc2ncccn2)C1=O. The van der Waals surface area contributed by atoms with E-state index in [2.05, 4.69) is 15.3 Å². The van der Waals surface area contributed by atoms with Gasteiger partial charge >= 0.3 is 0 Å². The lowest BCUT2D eigenvalue weighted by atomic mass is 9.77. The molecule has 6 heteroatoms. The maximum absolute atomic E-state index is 12.6. The highest BCUT2D eigenvalue weighted by atomic mass is 16.2. The largest absolute Gasteiger partial charge is 0.343 e. The maximum atomic E-state index is 12.6. The molecule has 0 radical (unpaired) electrons. The van der Waals surface area contributed by atoms with E-state index in [0.29, 0.717) is 12.4 Å². The normalized spacial score (nSPS) is 25.0. The van der Waals surface area contributed by atoms with E-state index in [0.717, 1.165) is 32.1 Å². The molecule has 1 aliphatic heterocycles. The van der Waals surface area contributed by atoms with E-state index in [4.69, 9.17) is 0 Å². The van der Waals surface area contributed by atoms with Crippen LogP contribution in [0.4, 0.5) is 0 Å². The molecule has 2 amide bonds. The second kappa shape index (κ2) is 5.42. The number of aromatic nitrogens is 2. The number of nitrogens with one attached hydrogen (secondary N) is 1. The number of amides is 2. The van der Waals surface area contributed by atoms with Crippen LogP contribution in [0, 0.1) is 0 Å². The Morgan fingerprint density at radius 1 is 1.24 bits per heavy atom. The first-order valence-electron chi connectivity index (χ1n) is 7.52. The summed E-state index contributed by atoms with van der Waals surface area (Å²) in [6.45, 7) is 2.03. The van der Waals surface area contributed by atoms with Crippen LogP contribution in [-0.2, 0) is 16.1 Å². The fourth-order valence-corrected chi connectivity index (χ4v) is 3.38. The molecule has 1 N–H and O–H groups in total. The topological polar surface area (TPSA) is 75.2 Å². The van der Waals surface area contributed by atoms with Crippen LogP contribution in [0.15, 0.2) is 18.5 Å². The van der Waals surface area contributed by atoms with Gasteiger partial charge in [-0.05, 0) is 25.8 Å². The van der Waals surface area contributed by atoms with E-state index in [9.17, 15) is 9.59 Å². The number of hydrogen-bond donors (Lipinski definition) is 1. The number of piperazine rings is 1. The molecule has 1 aromatic heterocycles. The van der Waals surface area contributed by atoms with Crippen LogP contribution in [0.1, 0.15) is 44.9 Å². The highest BCUT2D eigenvalue weighted by molar-refractivity contribution is 5.99. The first kappa shape index (κ1) is 14.0. The number of rotatable bonds is 2. The van der Waals surface area contributed by atoms with Gasteiger partial charge in [-0.1, -0.05) is 19.3 Å². The molecule has 2 fully saturated rings. The number of carbonyl (C=O) groups excluding carboxylic acids is 2. The molecule has 1 aliphatic carbocycles. The Hall–Kier alpha value is -1.98. The zero-order valence-electron chi connectivity index (χ0n) is 12.2. The minimum atomic E-state index is -0.707. The van der Waals surface area contributed by atoms with Crippen molar-refractivity contribution in [1.29, 1.82) is 0 Å². The predicted molar refractivity (Wildman–Crippen MR) is 76.0 cm³/mol. The smallest absolute Gasteiger partial charge is 0.246 e. The van der Waals surface area contributed by atoms with Crippen LogP contribution < -0.4 is 5.32 Å². The van der Waals surface area contributed by atoms with Crippen molar-refractivity contribution in [3.63, 3.8) is 0 Å². The Morgan fingerprint density at radius 3 is 2.57 bits per heavy atom. The minimum Gasteiger partial charge on any atom is -0.343 e. The molecule has 1 spiro atoms. The van der Waals surface area contributed by atoms with Crippen molar-refractivity contribution >= 4 is 11.8 Å². The molecule has 3 rings (SSSR count). The molecule has 1 unspecified atom stereocenters. The summed E-state index contributed by atoms with van der Waals surface area (Å²) in [6, 6.07) is 1.27. The summed E-state index contributed by atoms with van der Waals surface area (Å²) in [4.78, 5) is 35.3. The average molecular weight is 288 g/mol. The summed E-state index contributed by atoms with van der Waals surface area (Å²) >= 11 is 0. The second-order valence-electron chi connectivity index (χ2n) is 5.88. The molecule has 1 atom stereocenters. The summed E-state index contributed by atoms with van der Waals surface area (Å²) in [5.74, 6) is 0.520. The van der Waals surface area contributed by atoms with Crippen molar-refractivity contribution in [2.45, 2.75) is 57.2 Å². The van der Waals surface area contributed by atoms with E-state index >= 15 is 0 Å². The van der Waals surface area contributed by atoms with Gasteiger partial charge < -0.3 is 10.2 Å². The zero-order chi connectivity index (χ0) is 14.9. The van der Waals surface area contributed by atoms with Gasteiger partial charge in [0.25, 0.3) is 0 Å². The van der Waals surface area contributed by atoms with Crippen molar-refractivity contribution in [1.82, 2.24) is 20.2 Å². The number of carbonyl (C=O) groups is 2. The van der Waals surface area contributed by atoms with Gasteiger partial charge in [0.2, 0.25) is 11.8 Å². The molecule has 21 heavy (non-hydrogen) atoms. The van der Waals surface area contributed by atoms with Gasteiger partial charge in [-0.15, -0.1) is 0 Å². The van der Waals surface area contributed by atoms with Gasteiger partial charge in [0.05, 0.1) is 6.54 Å².